The summed E-state index contributed by atoms with van der Waals surface area (Å²) in [6.07, 6.45) is -5.55. The van der Waals surface area contributed by atoms with Gasteiger partial charge in [-0.2, -0.15) is 0 Å². The minimum Gasteiger partial charge on any atom is -0.506 e. The molecule has 1 heterocycles. The van der Waals surface area contributed by atoms with Crippen LogP contribution in [0, 0.1) is 0 Å². The van der Waals surface area contributed by atoms with Gasteiger partial charge in [-0.3, -0.25) is 28.8 Å². The molecule has 1 aromatic rings. The first-order valence-corrected chi connectivity index (χ1v) is 11.9. The molecule has 13 heteroatoms. The van der Waals surface area contributed by atoms with Crippen LogP contribution in [0.3, 0.4) is 0 Å². The van der Waals surface area contributed by atoms with E-state index in [0.717, 1.165) is 27.7 Å². The molecular weight excluding hydrogens is 512 g/mol. The Morgan fingerprint density at radius 1 is 0.811 bits per heavy atom. The maximum Gasteiger partial charge on any atom is 0.303 e. The molecule has 0 radical (unpaired) electrons. The van der Waals surface area contributed by atoms with E-state index < -0.39 is 82.6 Å². The Kier molecular flexibility index (Phi) is 8.71. The summed E-state index contributed by atoms with van der Waals surface area (Å²) in [5.41, 5.74) is -1.25. The fourth-order valence-electron chi connectivity index (χ4n) is 3.85. The zero-order valence-electron chi connectivity index (χ0n) is 20.2. The van der Waals surface area contributed by atoms with E-state index in [1.165, 1.54) is 18.2 Å². The van der Waals surface area contributed by atoms with Gasteiger partial charge in [-0.25, -0.2) is 0 Å². The highest BCUT2D eigenvalue weighted by Gasteiger charge is 2.53. The number of rotatable bonds is 7. The molecule has 1 aliphatic heterocycles. The van der Waals surface area contributed by atoms with Gasteiger partial charge < -0.3 is 28.8 Å². The summed E-state index contributed by atoms with van der Waals surface area (Å²) in [7, 11) is 0. The zero-order chi connectivity index (χ0) is 27.4. The fraction of sp³-hybridized carbons (Fsp3) is 0.417. The lowest BCUT2D eigenvalue weighted by Crippen LogP contribution is -2.61. The van der Waals surface area contributed by atoms with E-state index in [-0.39, 0.29) is 11.1 Å². The van der Waals surface area contributed by atoms with E-state index in [1.54, 1.807) is 6.07 Å². The SMILES string of the molecule is CC(=O)OC[C@@H]1O[C@@H](SC2=C(O)c3ccccc3C(=O)C2=O)[C@H](OC(C)=O)[C@@H](OC(C)=O)[C@@H]1OC(C)=O. The van der Waals surface area contributed by atoms with Crippen molar-refractivity contribution in [1.29, 1.82) is 0 Å². The quantitative estimate of drug-likeness (QED) is 0.302. The van der Waals surface area contributed by atoms with Gasteiger partial charge in [-0.15, -0.1) is 0 Å². The van der Waals surface area contributed by atoms with Crippen LogP contribution in [0.25, 0.3) is 5.76 Å². The van der Waals surface area contributed by atoms with Crippen molar-refractivity contribution in [2.45, 2.75) is 57.5 Å². The van der Waals surface area contributed by atoms with Gasteiger partial charge in [0.2, 0.25) is 11.6 Å². The molecule has 1 aromatic carbocycles. The van der Waals surface area contributed by atoms with Gasteiger partial charge in [-0.05, 0) is 0 Å². The van der Waals surface area contributed by atoms with Crippen molar-refractivity contribution in [2.24, 2.45) is 0 Å². The predicted octanol–water partition coefficient (Wildman–Crippen LogP) is 1.49. The molecular formula is C24H24O12S. The van der Waals surface area contributed by atoms with Crippen molar-refractivity contribution in [2.75, 3.05) is 6.61 Å². The van der Waals surface area contributed by atoms with Crippen molar-refractivity contribution in [3.8, 4) is 0 Å². The van der Waals surface area contributed by atoms with Crippen molar-refractivity contribution < 1.29 is 57.6 Å². The lowest BCUT2D eigenvalue weighted by atomic mass is 9.94. The number of esters is 4. The lowest BCUT2D eigenvalue weighted by molar-refractivity contribution is -0.237. The van der Waals surface area contributed by atoms with Gasteiger partial charge in [0.05, 0.1) is 0 Å². The summed E-state index contributed by atoms with van der Waals surface area (Å²) in [6, 6.07) is 5.94. The Labute approximate surface area is 215 Å². The van der Waals surface area contributed by atoms with E-state index in [4.69, 9.17) is 23.7 Å². The number of hydrogen-bond acceptors (Lipinski definition) is 13. The van der Waals surface area contributed by atoms with Gasteiger partial charge >= 0.3 is 23.9 Å². The highest BCUT2D eigenvalue weighted by molar-refractivity contribution is 8.04. The van der Waals surface area contributed by atoms with Crippen molar-refractivity contribution in [3.05, 3.63) is 40.3 Å². The summed E-state index contributed by atoms with van der Waals surface area (Å²) in [4.78, 5) is 72.4. The van der Waals surface area contributed by atoms with E-state index in [0.29, 0.717) is 11.8 Å². The van der Waals surface area contributed by atoms with Crippen LogP contribution in [0.1, 0.15) is 43.6 Å². The summed E-state index contributed by atoms with van der Waals surface area (Å²) < 4.78 is 26.9. The molecule has 1 saturated heterocycles. The molecule has 0 amide bonds. The third kappa shape index (κ3) is 6.35. The predicted molar refractivity (Wildman–Crippen MR) is 125 cm³/mol. The maximum absolute atomic E-state index is 12.9. The number of fused-ring (bicyclic) bond motifs is 1. The molecule has 0 aromatic heterocycles. The fourth-order valence-corrected chi connectivity index (χ4v) is 5.05. The summed E-state index contributed by atoms with van der Waals surface area (Å²) in [5, 5.41) is 10.8. The average Bonchev–Trinajstić information content (AvgIpc) is 2.81. The second-order valence-corrected chi connectivity index (χ2v) is 9.18. The standard InChI is InChI=1S/C24H24O12S/c1-10(25)32-9-16-20(33-11(2)26)21(34-12(3)27)22(35-13(4)28)24(36-16)37-23-18(30)15-8-6-5-7-14(15)17(29)19(23)31/h5-8,16,20-22,24,30H,9H2,1-4H3/t16-,20+,21-,22+,24-/m0/s1. The van der Waals surface area contributed by atoms with Crippen molar-refractivity contribution >= 4 is 53.0 Å². The molecule has 198 valence electrons. The number of ether oxygens (including phenoxy) is 5. The Balaban J connectivity index is 2.08. The topological polar surface area (TPSA) is 169 Å². The van der Waals surface area contributed by atoms with Gasteiger partial charge in [0.25, 0.3) is 0 Å². The average molecular weight is 537 g/mol. The minimum atomic E-state index is -1.47. The first-order chi connectivity index (χ1) is 17.4. The molecule has 3 rings (SSSR count). The first kappa shape index (κ1) is 27.9. The monoisotopic (exact) mass is 536 g/mol. The maximum atomic E-state index is 12.9. The number of benzene rings is 1. The molecule has 1 fully saturated rings. The molecule has 1 N–H and O–H groups in total. The number of carbonyl (C=O) groups excluding carboxylic acids is 6. The molecule has 12 nitrogen and oxygen atoms in total. The van der Waals surface area contributed by atoms with Crippen LogP contribution in [-0.2, 0) is 47.7 Å². The van der Waals surface area contributed by atoms with Crippen LogP contribution in [0.5, 0.6) is 0 Å². The van der Waals surface area contributed by atoms with Gasteiger partial charge in [-0.1, -0.05) is 36.0 Å². The number of thioether (sulfide) groups is 1. The molecule has 37 heavy (non-hydrogen) atoms. The molecule has 2 aliphatic rings. The molecule has 1 aliphatic carbocycles. The van der Waals surface area contributed by atoms with E-state index in [1.807, 2.05) is 0 Å². The summed E-state index contributed by atoms with van der Waals surface area (Å²) >= 11 is 0.552. The van der Waals surface area contributed by atoms with Crippen LogP contribution in [-0.4, -0.2) is 77.0 Å². The Hall–Kier alpha value is -3.71. The number of aliphatic hydroxyl groups is 1. The van der Waals surface area contributed by atoms with Crippen LogP contribution in [0.4, 0.5) is 0 Å². The minimum absolute atomic E-state index is 0.0101. The van der Waals surface area contributed by atoms with Crippen molar-refractivity contribution in [3.63, 3.8) is 0 Å². The molecule has 0 unspecified atom stereocenters. The van der Waals surface area contributed by atoms with Gasteiger partial charge in [0.1, 0.15) is 28.8 Å². The Morgan fingerprint density at radius 3 is 1.92 bits per heavy atom. The second-order valence-electron chi connectivity index (χ2n) is 8.07. The largest absolute Gasteiger partial charge is 0.506 e. The number of hydrogen-bond donors (Lipinski definition) is 1. The van der Waals surface area contributed by atoms with Crippen LogP contribution < -0.4 is 0 Å². The molecule has 0 spiro atoms. The summed E-state index contributed by atoms with van der Waals surface area (Å²) in [5.74, 6) is -5.54. The highest BCUT2D eigenvalue weighted by atomic mass is 32.2. The molecule has 0 bridgehead atoms. The highest BCUT2D eigenvalue weighted by Crippen LogP contribution is 2.41. The Morgan fingerprint density at radius 2 is 1.35 bits per heavy atom. The smallest absolute Gasteiger partial charge is 0.303 e. The number of ketones is 2. The van der Waals surface area contributed by atoms with Gasteiger partial charge in [0, 0.05) is 38.8 Å². The van der Waals surface area contributed by atoms with Crippen LogP contribution in [0.15, 0.2) is 29.2 Å². The third-order valence-electron chi connectivity index (χ3n) is 5.24. The Bertz CT molecular complexity index is 1170. The van der Waals surface area contributed by atoms with E-state index >= 15 is 0 Å². The third-order valence-corrected chi connectivity index (χ3v) is 6.46. The molecule has 0 saturated carbocycles. The summed E-state index contributed by atoms with van der Waals surface area (Å²) in [6.45, 7) is 3.90. The lowest BCUT2D eigenvalue weighted by Gasteiger charge is -2.44. The number of carbonyl (C=O) groups is 6. The zero-order valence-corrected chi connectivity index (χ0v) is 21.1. The van der Waals surface area contributed by atoms with E-state index in [9.17, 15) is 33.9 Å². The van der Waals surface area contributed by atoms with Gasteiger partial charge in [0.15, 0.2) is 18.3 Å². The number of Topliss-reactive ketones (excluding diaryl/α,β-unsaturated/α-hetero) is 2. The normalized spacial score (nSPS) is 25.1. The number of allylic oxidation sites excluding steroid dienone is 1. The number of aliphatic hydroxyl groups excluding tert-OH is 1. The van der Waals surface area contributed by atoms with Crippen LogP contribution >= 0.6 is 11.8 Å². The second kappa shape index (κ2) is 11.6. The van der Waals surface area contributed by atoms with E-state index in [2.05, 4.69) is 0 Å². The van der Waals surface area contributed by atoms with Crippen LogP contribution in [0.2, 0.25) is 0 Å². The first-order valence-electron chi connectivity index (χ1n) is 11.0. The molecule has 5 atom stereocenters. The van der Waals surface area contributed by atoms with Crippen molar-refractivity contribution in [1.82, 2.24) is 0 Å².